The molecule has 4 N–H and O–H groups in total. The number of carbonyl (C=O) groups is 2. The molecule has 6 atom stereocenters. The molecule has 2 amide bonds. The fraction of sp³-hybridized carbons (Fsp3) is 0.485. The molecule has 0 bridgehead atoms. The normalized spacial score (nSPS) is 27.3. The molecule has 0 saturated heterocycles. The number of aromatic nitrogens is 1. The van der Waals surface area contributed by atoms with E-state index in [4.69, 9.17) is 9.72 Å². The highest BCUT2D eigenvalue weighted by atomic mass is 32.1. The summed E-state index contributed by atoms with van der Waals surface area (Å²) in [5.41, 5.74) is 1.66. The largest absolute Gasteiger partial charge is 0.497 e. The molecular formula is C33H41N3O5S. The Labute approximate surface area is 251 Å². The number of nitrogens with one attached hydrogen (secondary N) is 2. The first-order valence-electron chi connectivity index (χ1n) is 14.6. The number of benzene rings is 2. The molecule has 0 spiro atoms. The number of hydrogen-bond acceptors (Lipinski definition) is 7. The summed E-state index contributed by atoms with van der Waals surface area (Å²) in [7, 11) is 1.60. The highest BCUT2D eigenvalue weighted by Crippen LogP contribution is 2.62. The van der Waals surface area contributed by atoms with Gasteiger partial charge in [0.25, 0.3) is 0 Å². The molecule has 224 valence electrons. The Hall–Kier alpha value is -3.27. The minimum Gasteiger partial charge on any atom is -0.497 e. The first-order chi connectivity index (χ1) is 20.1. The molecule has 2 aromatic carbocycles. The summed E-state index contributed by atoms with van der Waals surface area (Å²) >= 11 is 1.43. The minimum atomic E-state index is -0.710. The molecule has 1 heterocycles. The van der Waals surface area contributed by atoms with Gasteiger partial charge in [0.1, 0.15) is 5.75 Å². The van der Waals surface area contributed by atoms with E-state index in [0.29, 0.717) is 18.0 Å². The predicted octanol–water partition coefficient (Wildman–Crippen LogP) is 5.02. The van der Waals surface area contributed by atoms with Gasteiger partial charge in [-0.25, -0.2) is 4.98 Å². The zero-order valence-corrected chi connectivity index (χ0v) is 25.5. The Morgan fingerprint density at radius 1 is 1.12 bits per heavy atom. The van der Waals surface area contributed by atoms with Crippen LogP contribution in [0.4, 0.5) is 5.13 Å². The Bertz CT molecular complexity index is 1410. The van der Waals surface area contributed by atoms with Crippen molar-refractivity contribution in [2.24, 2.45) is 16.7 Å². The van der Waals surface area contributed by atoms with Crippen molar-refractivity contribution >= 4 is 28.3 Å². The maximum absolute atomic E-state index is 13.5. The van der Waals surface area contributed by atoms with Gasteiger partial charge in [0.2, 0.25) is 11.8 Å². The molecule has 2 aliphatic rings. The summed E-state index contributed by atoms with van der Waals surface area (Å²) in [4.78, 5) is 32.4. The molecule has 0 unspecified atom stereocenters. The number of rotatable bonds is 9. The number of thiazole rings is 1. The summed E-state index contributed by atoms with van der Waals surface area (Å²) < 4.78 is 5.21. The lowest BCUT2D eigenvalue weighted by atomic mass is 9.47. The van der Waals surface area contributed by atoms with Crippen LogP contribution in [-0.4, -0.2) is 46.8 Å². The van der Waals surface area contributed by atoms with Crippen LogP contribution in [-0.2, 0) is 22.4 Å². The van der Waals surface area contributed by atoms with E-state index in [9.17, 15) is 19.8 Å². The SMILES string of the molecule is COc1ccc(CC(=O)Nc2nc3c(s2)C[C@@H]2[C@](C)(CO)[C@H](O)CC[C@@]2(C)[C@@H]3CC(=O)N[C@H](C)c2ccccc2)cc1. The summed E-state index contributed by atoms with van der Waals surface area (Å²) in [5, 5.41) is 28.2. The quantitative estimate of drug-likeness (QED) is 0.278. The lowest BCUT2D eigenvalue weighted by Gasteiger charge is -2.58. The van der Waals surface area contributed by atoms with Gasteiger partial charge in [0, 0.05) is 22.6 Å². The zero-order valence-electron chi connectivity index (χ0n) is 24.7. The highest BCUT2D eigenvalue weighted by molar-refractivity contribution is 7.15. The van der Waals surface area contributed by atoms with E-state index < -0.39 is 11.5 Å². The van der Waals surface area contributed by atoms with E-state index >= 15 is 0 Å². The number of methoxy groups -OCH3 is 1. The van der Waals surface area contributed by atoms with Gasteiger partial charge in [-0.15, -0.1) is 11.3 Å². The van der Waals surface area contributed by atoms with Crippen molar-refractivity contribution in [3.05, 3.63) is 76.3 Å². The van der Waals surface area contributed by atoms with Crippen molar-refractivity contribution in [3.63, 3.8) is 0 Å². The van der Waals surface area contributed by atoms with Crippen molar-refractivity contribution in [2.45, 2.75) is 70.9 Å². The van der Waals surface area contributed by atoms with Crippen molar-refractivity contribution in [1.29, 1.82) is 0 Å². The van der Waals surface area contributed by atoms with Gasteiger partial charge in [-0.3, -0.25) is 9.59 Å². The van der Waals surface area contributed by atoms with Crippen LogP contribution < -0.4 is 15.4 Å². The number of ether oxygens (including phenoxy) is 1. The van der Waals surface area contributed by atoms with Crippen LogP contribution in [0.2, 0.25) is 0 Å². The zero-order chi connectivity index (χ0) is 30.1. The number of aliphatic hydroxyl groups is 2. The smallest absolute Gasteiger partial charge is 0.230 e. The summed E-state index contributed by atoms with van der Waals surface area (Å²) in [6.45, 7) is 5.97. The standard InChI is InChI=1S/C33H41N3O5S/c1-20(22-8-6-5-7-9-22)34-29(40)17-24-30-25(18-26-32(24,2)15-14-27(38)33(26,3)19-37)42-31(36-30)35-28(39)16-21-10-12-23(41-4)13-11-21/h5-13,20,24,26-27,37-38H,14-19H2,1-4H3,(H,34,40)(H,35,36,39)/t20-,24-,26+,27-,32+,33+/m1/s1. The van der Waals surface area contributed by atoms with Gasteiger partial charge in [-0.1, -0.05) is 56.3 Å². The van der Waals surface area contributed by atoms with E-state index in [1.807, 2.05) is 68.4 Å². The maximum atomic E-state index is 13.5. The summed E-state index contributed by atoms with van der Waals surface area (Å²) in [5.74, 6) is 0.209. The van der Waals surface area contributed by atoms with E-state index in [0.717, 1.165) is 33.9 Å². The first-order valence-corrected chi connectivity index (χ1v) is 15.4. The lowest BCUT2D eigenvalue weighted by molar-refractivity contribution is -0.144. The third kappa shape index (κ3) is 5.82. The third-order valence-corrected chi connectivity index (χ3v) is 10.7. The number of aliphatic hydroxyl groups excluding tert-OH is 2. The molecular weight excluding hydrogens is 550 g/mol. The Morgan fingerprint density at radius 2 is 1.83 bits per heavy atom. The van der Waals surface area contributed by atoms with Gasteiger partial charge in [-0.2, -0.15) is 0 Å². The van der Waals surface area contributed by atoms with Gasteiger partial charge >= 0.3 is 0 Å². The molecule has 1 fully saturated rings. The first kappa shape index (κ1) is 30.2. The molecule has 8 nitrogen and oxygen atoms in total. The maximum Gasteiger partial charge on any atom is 0.230 e. The molecule has 0 radical (unpaired) electrons. The molecule has 1 saturated carbocycles. The predicted molar refractivity (Wildman–Crippen MR) is 164 cm³/mol. The number of carbonyl (C=O) groups excluding carboxylic acids is 2. The average molecular weight is 592 g/mol. The Kier molecular flexibility index (Phi) is 8.73. The van der Waals surface area contributed by atoms with Gasteiger partial charge < -0.3 is 25.6 Å². The van der Waals surface area contributed by atoms with Crippen LogP contribution in [0.15, 0.2) is 54.6 Å². The molecule has 9 heteroatoms. The van der Waals surface area contributed by atoms with Crippen LogP contribution in [0, 0.1) is 16.7 Å². The minimum absolute atomic E-state index is 0.0566. The Morgan fingerprint density at radius 3 is 2.50 bits per heavy atom. The fourth-order valence-electron chi connectivity index (χ4n) is 7.10. The van der Waals surface area contributed by atoms with Crippen LogP contribution >= 0.6 is 11.3 Å². The summed E-state index contributed by atoms with van der Waals surface area (Å²) in [6.07, 6.45) is 1.70. The number of anilines is 1. The second kappa shape index (κ2) is 12.1. The molecule has 5 rings (SSSR count). The van der Waals surface area contributed by atoms with Crippen LogP contribution in [0.3, 0.4) is 0 Å². The number of hydrogen-bond donors (Lipinski definition) is 4. The average Bonchev–Trinajstić information content (AvgIpc) is 3.38. The number of amides is 2. The fourth-order valence-corrected chi connectivity index (χ4v) is 8.19. The molecule has 3 aromatic rings. The van der Waals surface area contributed by atoms with Gasteiger partial charge in [-0.05, 0) is 60.8 Å². The van der Waals surface area contributed by atoms with Gasteiger partial charge in [0.15, 0.2) is 5.13 Å². The van der Waals surface area contributed by atoms with Crippen LogP contribution in [0.25, 0.3) is 0 Å². The second-order valence-corrected chi connectivity index (χ2v) is 13.4. The van der Waals surface area contributed by atoms with Crippen molar-refractivity contribution in [2.75, 3.05) is 19.0 Å². The molecule has 2 aliphatic carbocycles. The van der Waals surface area contributed by atoms with E-state index in [2.05, 4.69) is 17.6 Å². The summed E-state index contributed by atoms with van der Waals surface area (Å²) in [6, 6.07) is 17.1. The topological polar surface area (TPSA) is 121 Å². The van der Waals surface area contributed by atoms with Crippen LogP contribution in [0.5, 0.6) is 5.75 Å². The number of nitrogens with zero attached hydrogens (tertiary/aromatic N) is 1. The second-order valence-electron chi connectivity index (χ2n) is 12.3. The van der Waals surface area contributed by atoms with Crippen molar-refractivity contribution in [1.82, 2.24) is 10.3 Å². The number of fused-ring (bicyclic) bond motifs is 2. The van der Waals surface area contributed by atoms with E-state index in [1.165, 1.54) is 11.3 Å². The molecule has 1 aromatic heterocycles. The van der Waals surface area contributed by atoms with Gasteiger partial charge in [0.05, 0.1) is 38.0 Å². The van der Waals surface area contributed by atoms with Crippen molar-refractivity contribution in [3.8, 4) is 5.75 Å². The third-order valence-electron chi connectivity index (χ3n) is 9.73. The Balaban J connectivity index is 1.41. The highest BCUT2D eigenvalue weighted by Gasteiger charge is 2.59. The van der Waals surface area contributed by atoms with E-state index in [1.54, 1.807) is 7.11 Å². The molecule has 42 heavy (non-hydrogen) atoms. The molecule has 0 aliphatic heterocycles. The van der Waals surface area contributed by atoms with Crippen molar-refractivity contribution < 1.29 is 24.5 Å². The lowest BCUT2D eigenvalue weighted by Crippen LogP contribution is -2.57. The van der Waals surface area contributed by atoms with Crippen LogP contribution in [0.1, 0.15) is 73.7 Å². The van der Waals surface area contributed by atoms with E-state index in [-0.39, 0.29) is 54.6 Å². The monoisotopic (exact) mass is 591 g/mol.